The monoisotopic (exact) mass is 354 g/mol. The highest BCUT2D eigenvalue weighted by atomic mass is 16.5. The molecule has 26 heavy (non-hydrogen) atoms. The van der Waals surface area contributed by atoms with Gasteiger partial charge in [0.1, 0.15) is 5.75 Å². The molecule has 0 unspecified atom stereocenters. The van der Waals surface area contributed by atoms with Crippen LogP contribution in [-0.2, 0) is 16.6 Å². The van der Waals surface area contributed by atoms with Gasteiger partial charge in [-0.25, -0.2) is 9.78 Å². The fourth-order valence-electron chi connectivity index (χ4n) is 2.57. The van der Waals surface area contributed by atoms with Crippen molar-refractivity contribution < 1.29 is 19.1 Å². The number of hydrogen-bond donors (Lipinski definition) is 1. The van der Waals surface area contributed by atoms with Crippen molar-refractivity contribution in [3.8, 4) is 5.75 Å². The normalized spacial score (nSPS) is 10.6. The second kappa shape index (κ2) is 7.22. The molecule has 0 aliphatic heterocycles. The van der Waals surface area contributed by atoms with Crippen LogP contribution in [0.3, 0.4) is 0 Å². The summed E-state index contributed by atoms with van der Waals surface area (Å²) >= 11 is 0. The van der Waals surface area contributed by atoms with Crippen LogP contribution in [0.2, 0.25) is 0 Å². The van der Waals surface area contributed by atoms with E-state index in [2.05, 4.69) is 15.4 Å². The number of fused-ring (bicyclic) bond motifs is 1. The van der Waals surface area contributed by atoms with Gasteiger partial charge in [-0.15, -0.1) is 0 Å². The Hall–Kier alpha value is -3.42. The number of esters is 1. The second-order valence-corrected chi connectivity index (χ2v) is 5.63. The summed E-state index contributed by atoms with van der Waals surface area (Å²) in [5.41, 5.74) is 2.20. The zero-order valence-electron chi connectivity index (χ0n) is 14.6. The summed E-state index contributed by atoms with van der Waals surface area (Å²) in [6.45, 7) is 1.42. The van der Waals surface area contributed by atoms with Crippen molar-refractivity contribution in [2.24, 2.45) is 7.05 Å². The first kappa shape index (κ1) is 17.4. The zero-order chi connectivity index (χ0) is 18.7. The molecule has 1 amide bonds. The lowest BCUT2D eigenvalue weighted by molar-refractivity contribution is -0.119. The number of amides is 1. The molecule has 0 saturated heterocycles. The van der Waals surface area contributed by atoms with Crippen molar-refractivity contribution in [2.75, 3.05) is 19.0 Å². The van der Waals surface area contributed by atoms with E-state index in [0.29, 0.717) is 17.1 Å². The first-order valence-corrected chi connectivity index (χ1v) is 7.89. The lowest BCUT2D eigenvalue weighted by Crippen LogP contribution is -2.21. The Balaban J connectivity index is 1.65. The van der Waals surface area contributed by atoms with E-state index in [9.17, 15) is 9.59 Å². The highest BCUT2D eigenvalue weighted by Gasteiger charge is 2.15. The summed E-state index contributed by atoms with van der Waals surface area (Å²) in [4.78, 5) is 28.4. The molecule has 8 nitrogen and oxygen atoms in total. The number of carbonyl (C=O) groups excluding carboxylic acids is 2. The molecule has 134 valence electrons. The molecule has 0 spiro atoms. The molecule has 3 rings (SSSR count). The number of nitrogens with one attached hydrogen (secondary N) is 1. The van der Waals surface area contributed by atoms with Gasteiger partial charge < -0.3 is 14.8 Å². The molecule has 0 saturated carbocycles. The smallest absolute Gasteiger partial charge is 0.340 e. The summed E-state index contributed by atoms with van der Waals surface area (Å²) < 4.78 is 11.9. The molecule has 0 bridgehead atoms. The SMILES string of the molecule is COc1ccccc1NC(=O)COC(=O)c1cnc2c(c1)c(C)nn2C. The van der Waals surface area contributed by atoms with E-state index in [1.54, 1.807) is 42.1 Å². The number of anilines is 1. The molecule has 0 radical (unpaired) electrons. The lowest BCUT2D eigenvalue weighted by Gasteiger charge is -2.10. The Morgan fingerprint density at radius 2 is 2.04 bits per heavy atom. The van der Waals surface area contributed by atoms with E-state index in [4.69, 9.17) is 9.47 Å². The maximum atomic E-state index is 12.2. The maximum absolute atomic E-state index is 12.2. The number of carbonyl (C=O) groups is 2. The van der Waals surface area contributed by atoms with Crippen molar-refractivity contribution in [1.82, 2.24) is 14.8 Å². The second-order valence-electron chi connectivity index (χ2n) is 5.63. The number of para-hydroxylation sites is 2. The van der Waals surface area contributed by atoms with Crippen LogP contribution in [-0.4, -0.2) is 40.4 Å². The number of hydrogen-bond acceptors (Lipinski definition) is 6. The Kier molecular flexibility index (Phi) is 4.83. The fraction of sp³-hybridized carbons (Fsp3) is 0.222. The Bertz CT molecular complexity index is 980. The van der Waals surface area contributed by atoms with Crippen molar-refractivity contribution in [2.45, 2.75) is 6.92 Å². The first-order chi connectivity index (χ1) is 12.5. The van der Waals surface area contributed by atoms with Gasteiger partial charge in [0.15, 0.2) is 12.3 Å². The minimum atomic E-state index is -0.627. The average Bonchev–Trinajstić information content (AvgIpc) is 2.93. The summed E-state index contributed by atoms with van der Waals surface area (Å²) in [6.07, 6.45) is 1.41. The molecule has 2 aromatic heterocycles. The van der Waals surface area contributed by atoms with Crippen LogP contribution in [0.1, 0.15) is 16.1 Å². The van der Waals surface area contributed by atoms with Crippen molar-refractivity contribution in [1.29, 1.82) is 0 Å². The number of ether oxygens (including phenoxy) is 2. The number of benzene rings is 1. The third-order valence-electron chi connectivity index (χ3n) is 3.81. The van der Waals surface area contributed by atoms with Crippen molar-refractivity contribution in [3.05, 3.63) is 47.8 Å². The molecule has 0 atom stereocenters. The quantitative estimate of drug-likeness (QED) is 0.705. The number of rotatable bonds is 5. The highest BCUT2D eigenvalue weighted by molar-refractivity contribution is 5.97. The zero-order valence-corrected chi connectivity index (χ0v) is 14.6. The van der Waals surface area contributed by atoms with Gasteiger partial charge in [0.05, 0.1) is 24.1 Å². The Labute approximate surface area is 149 Å². The first-order valence-electron chi connectivity index (χ1n) is 7.89. The van der Waals surface area contributed by atoms with E-state index in [-0.39, 0.29) is 5.56 Å². The van der Waals surface area contributed by atoms with Crippen LogP contribution in [0.15, 0.2) is 36.5 Å². The van der Waals surface area contributed by atoms with E-state index < -0.39 is 18.5 Å². The van der Waals surface area contributed by atoms with Gasteiger partial charge >= 0.3 is 5.97 Å². The molecule has 1 aromatic carbocycles. The predicted octanol–water partition coefficient (Wildman–Crippen LogP) is 2.08. The molecule has 8 heteroatoms. The van der Waals surface area contributed by atoms with Crippen LogP contribution in [0.25, 0.3) is 11.0 Å². The Morgan fingerprint density at radius 1 is 1.27 bits per heavy atom. The molecule has 0 aliphatic rings. The number of aromatic nitrogens is 3. The lowest BCUT2D eigenvalue weighted by atomic mass is 10.2. The fourth-order valence-corrected chi connectivity index (χ4v) is 2.57. The van der Waals surface area contributed by atoms with Gasteiger partial charge in [0.25, 0.3) is 5.91 Å². The highest BCUT2D eigenvalue weighted by Crippen LogP contribution is 2.23. The number of nitrogens with zero attached hydrogens (tertiary/aromatic N) is 3. The summed E-state index contributed by atoms with van der Waals surface area (Å²) in [7, 11) is 3.29. The Morgan fingerprint density at radius 3 is 2.81 bits per heavy atom. The standard InChI is InChI=1S/C18H18N4O4/c1-11-13-8-12(9-19-17(13)22(2)21-11)18(24)26-10-16(23)20-14-6-4-5-7-15(14)25-3/h4-9H,10H2,1-3H3,(H,20,23). The minimum Gasteiger partial charge on any atom is -0.495 e. The molecule has 0 aliphatic carbocycles. The molecule has 0 fully saturated rings. The molecular weight excluding hydrogens is 336 g/mol. The summed E-state index contributed by atoms with van der Waals surface area (Å²) in [5.74, 6) is -0.568. The van der Waals surface area contributed by atoms with Crippen LogP contribution in [0.4, 0.5) is 5.69 Å². The van der Waals surface area contributed by atoms with Crippen LogP contribution in [0.5, 0.6) is 5.75 Å². The predicted molar refractivity (Wildman–Crippen MR) is 95.2 cm³/mol. The maximum Gasteiger partial charge on any atom is 0.340 e. The van der Waals surface area contributed by atoms with Crippen molar-refractivity contribution >= 4 is 28.6 Å². The van der Waals surface area contributed by atoms with Gasteiger partial charge in [-0.3, -0.25) is 9.48 Å². The van der Waals surface area contributed by atoms with E-state index in [1.807, 2.05) is 6.92 Å². The van der Waals surface area contributed by atoms with Gasteiger partial charge in [-0.2, -0.15) is 5.10 Å². The van der Waals surface area contributed by atoms with Crippen LogP contribution < -0.4 is 10.1 Å². The van der Waals surface area contributed by atoms with E-state index >= 15 is 0 Å². The summed E-state index contributed by atoms with van der Waals surface area (Å²) in [5, 5.41) is 7.66. The van der Waals surface area contributed by atoms with Gasteiger partial charge in [-0.05, 0) is 25.1 Å². The third kappa shape index (κ3) is 3.49. The van der Waals surface area contributed by atoms with Gasteiger partial charge in [0, 0.05) is 18.6 Å². The molecular formula is C18H18N4O4. The third-order valence-corrected chi connectivity index (χ3v) is 3.81. The molecule has 2 heterocycles. The molecule has 3 aromatic rings. The topological polar surface area (TPSA) is 95.3 Å². The van der Waals surface area contributed by atoms with Gasteiger partial charge in [0.2, 0.25) is 0 Å². The molecule has 1 N–H and O–H groups in total. The van der Waals surface area contributed by atoms with E-state index in [0.717, 1.165) is 11.1 Å². The van der Waals surface area contributed by atoms with Crippen LogP contribution in [0, 0.1) is 6.92 Å². The number of aryl methyl sites for hydroxylation is 2. The van der Waals surface area contributed by atoms with Crippen molar-refractivity contribution in [3.63, 3.8) is 0 Å². The summed E-state index contributed by atoms with van der Waals surface area (Å²) in [6, 6.07) is 8.63. The number of methoxy groups -OCH3 is 1. The van der Waals surface area contributed by atoms with Crippen LogP contribution >= 0.6 is 0 Å². The number of pyridine rings is 1. The largest absolute Gasteiger partial charge is 0.495 e. The minimum absolute atomic E-state index is 0.263. The van der Waals surface area contributed by atoms with E-state index in [1.165, 1.54) is 13.3 Å². The average molecular weight is 354 g/mol. The van der Waals surface area contributed by atoms with Gasteiger partial charge in [-0.1, -0.05) is 12.1 Å².